The van der Waals surface area contributed by atoms with E-state index in [0.717, 1.165) is 6.42 Å². The fourth-order valence-corrected chi connectivity index (χ4v) is 1.95. The Morgan fingerprint density at radius 2 is 2.17 bits per heavy atom. The predicted molar refractivity (Wildman–Crippen MR) is 54.7 cm³/mol. The summed E-state index contributed by atoms with van der Waals surface area (Å²) in [6.45, 7) is 8.93. The second kappa shape index (κ2) is 3.55. The molecule has 2 heteroatoms. The van der Waals surface area contributed by atoms with Gasteiger partial charge in [0.1, 0.15) is 0 Å². The van der Waals surface area contributed by atoms with Crippen LogP contribution in [0.3, 0.4) is 0 Å². The summed E-state index contributed by atoms with van der Waals surface area (Å²) in [5, 5.41) is 3.96. The molecule has 1 fully saturated rings. The van der Waals surface area contributed by atoms with Crippen LogP contribution in [0.1, 0.15) is 40.5 Å². The summed E-state index contributed by atoms with van der Waals surface area (Å²) in [6.07, 6.45) is 2.32. The second-order valence-electron chi connectivity index (χ2n) is 4.55. The molecule has 0 bridgehead atoms. The first-order valence-electron chi connectivity index (χ1n) is 4.88. The molecule has 0 amide bonds. The van der Waals surface area contributed by atoms with Crippen molar-refractivity contribution in [2.45, 2.75) is 58.0 Å². The molecular weight excluding hydrogens is 170 g/mol. The Labute approximate surface area is 80.9 Å². The van der Waals surface area contributed by atoms with E-state index in [1.54, 1.807) is 0 Å². The lowest BCUT2D eigenvalue weighted by atomic mass is 9.66. The molecule has 0 aliphatic heterocycles. The zero-order chi connectivity index (χ0) is 9.35. The van der Waals surface area contributed by atoms with Crippen LogP contribution in [0.15, 0.2) is 0 Å². The van der Waals surface area contributed by atoms with Crippen molar-refractivity contribution in [1.82, 2.24) is 5.32 Å². The average Bonchev–Trinajstić information content (AvgIpc) is 2.03. The van der Waals surface area contributed by atoms with Gasteiger partial charge in [-0.15, -0.1) is 11.6 Å². The van der Waals surface area contributed by atoms with E-state index in [4.69, 9.17) is 11.6 Å². The first-order valence-corrected chi connectivity index (χ1v) is 5.32. The summed E-state index contributed by atoms with van der Waals surface area (Å²) in [6, 6.07) is 1.24. The standard InChI is InChI=1S/C10H20ClN/c1-5-7(2)12-9-6-8(11)10(9,3)4/h7-9,12H,5-6H2,1-4H3. The van der Waals surface area contributed by atoms with Crippen molar-refractivity contribution in [3.8, 4) is 0 Å². The maximum atomic E-state index is 6.12. The maximum Gasteiger partial charge on any atom is 0.0416 e. The van der Waals surface area contributed by atoms with Crippen LogP contribution in [0.4, 0.5) is 0 Å². The van der Waals surface area contributed by atoms with E-state index >= 15 is 0 Å². The highest BCUT2D eigenvalue weighted by Crippen LogP contribution is 2.44. The van der Waals surface area contributed by atoms with E-state index in [2.05, 4.69) is 33.0 Å². The summed E-state index contributed by atoms with van der Waals surface area (Å²) in [7, 11) is 0. The molecule has 1 aliphatic rings. The Kier molecular flexibility index (Phi) is 3.06. The van der Waals surface area contributed by atoms with Crippen molar-refractivity contribution < 1.29 is 0 Å². The molecule has 1 aliphatic carbocycles. The Bertz CT molecular complexity index is 156. The van der Waals surface area contributed by atoms with Crippen molar-refractivity contribution in [2.24, 2.45) is 5.41 Å². The van der Waals surface area contributed by atoms with Crippen LogP contribution in [-0.4, -0.2) is 17.5 Å². The van der Waals surface area contributed by atoms with Gasteiger partial charge in [0.25, 0.3) is 0 Å². The van der Waals surface area contributed by atoms with Gasteiger partial charge in [-0.1, -0.05) is 20.8 Å². The molecule has 0 aromatic rings. The zero-order valence-electron chi connectivity index (χ0n) is 8.52. The molecule has 1 rings (SSSR count). The molecular formula is C10H20ClN. The van der Waals surface area contributed by atoms with E-state index < -0.39 is 0 Å². The predicted octanol–water partition coefficient (Wildman–Crippen LogP) is 2.78. The number of rotatable bonds is 3. The molecule has 0 aromatic heterocycles. The van der Waals surface area contributed by atoms with Crippen molar-refractivity contribution in [3.63, 3.8) is 0 Å². The molecule has 0 heterocycles. The highest BCUT2D eigenvalue weighted by atomic mass is 35.5. The minimum Gasteiger partial charge on any atom is -0.311 e. The summed E-state index contributed by atoms with van der Waals surface area (Å²) in [4.78, 5) is 0. The van der Waals surface area contributed by atoms with Crippen molar-refractivity contribution >= 4 is 11.6 Å². The van der Waals surface area contributed by atoms with Crippen molar-refractivity contribution in [3.05, 3.63) is 0 Å². The number of hydrogen-bond donors (Lipinski definition) is 1. The highest BCUT2D eigenvalue weighted by molar-refractivity contribution is 6.21. The lowest BCUT2D eigenvalue weighted by Gasteiger charge is -2.50. The van der Waals surface area contributed by atoms with Crippen LogP contribution >= 0.6 is 11.6 Å². The molecule has 3 unspecified atom stereocenters. The molecule has 0 aromatic carbocycles. The Hall–Kier alpha value is 0.250. The maximum absolute atomic E-state index is 6.12. The van der Waals surface area contributed by atoms with Crippen LogP contribution in [-0.2, 0) is 0 Å². The minimum atomic E-state index is 0.283. The van der Waals surface area contributed by atoms with E-state index in [0.29, 0.717) is 17.5 Å². The first-order chi connectivity index (χ1) is 5.48. The summed E-state index contributed by atoms with van der Waals surface area (Å²) >= 11 is 6.12. The van der Waals surface area contributed by atoms with Crippen LogP contribution < -0.4 is 5.32 Å². The Morgan fingerprint density at radius 3 is 2.50 bits per heavy atom. The molecule has 12 heavy (non-hydrogen) atoms. The molecule has 0 spiro atoms. The van der Waals surface area contributed by atoms with Crippen LogP contribution in [0.5, 0.6) is 0 Å². The molecule has 1 saturated carbocycles. The monoisotopic (exact) mass is 189 g/mol. The van der Waals surface area contributed by atoms with Crippen molar-refractivity contribution in [2.75, 3.05) is 0 Å². The largest absolute Gasteiger partial charge is 0.311 e. The number of alkyl halides is 1. The molecule has 3 atom stereocenters. The van der Waals surface area contributed by atoms with Crippen molar-refractivity contribution in [1.29, 1.82) is 0 Å². The first kappa shape index (κ1) is 10.3. The van der Waals surface area contributed by atoms with Gasteiger partial charge in [-0.2, -0.15) is 0 Å². The van der Waals surface area contributed by atoms with Gasteiger partial charge in [0.2, 0.25) is 0 Å². The van der Waals surface area contributed by atoms with E-state index in [1.807, 2.05) is 0 Å². The number of halogens is 1. The van der Waals surface area contributed by atoms with Crippen LogP contribution in [0.2, 0.25) is 0 Å². The Morgan fingerprint density at radius 1 is 1.58 bits per heavy atom. The minimum absolute atomic E-state index is 0.283. The van der Waals surface area contributed by atoms with Gasteiger partial charge in [0.15, 0.2) is 0 Å². The topological polar surface area (TPSA) is 12.0 Å². The third kappa shape index (κ3) is 1.77. The van der Waals surface area contributed by atoms with Crippen LogP contribution in [0, 0.1) is 5.41 Å². The summed E-state index contributed by atoms with van der Waals surface area (Å²) < 4.78 is 0. The normalized spacial score (nSPS) is 35.8. The van der Waals surface area contributed by atoms with Gasteiger partial charge in [0.05, 0.1) is 0 Å². The summed E-state index contributed by atoms with van der Waals surface area (Å²) in [5.41, 5.74) is 0.283. The molecule has 1 nitrogen and oxygen atoms in total. The highest BCUT2D eigenvalue weighted by Gasteiger charge is 2.47. The number of hydrogen-bond acceptors (Lipinski definition) is 1. The SMILES string of the molecule is CCC(C)NC1CC(Cl)C1(C)C. The van der Waals surface area contributed by atoms with Gasteiger partial charge >= 0.3 is 0 Å². The van der Waals surface area contributed by atoms with Gasteiger partial charge in [-0.3, -0.25) is 0 Å². The third-order valence-corrected chi connectivity index (χ3v) is 3.99. The Balaban J connectivity index is 2.37. The smallest absolute Gasteiger partial charge is 0.0416 e. The molecule has 0 saturated heterocycles. The summed E-state index contributed by atoms with van der Waals surface area (Å²) in [5.74, 6) is 0. The lowest BCUT2D eigenvalue weighted by molar-refractivity contribution is 0.107. The van der Waals surface area contributed by atoms with Crippen LogP contribution in [0.25, 0.3) is 0 Å². The second-order valence-corrected chi connectivity index (χ2v) is 5.08. The fraction of sp³-hybridized carbons (Fsp3) is 1.00. The third-order valence-electron chi connectivity index (χ3n) is 3.25. The van der Waals surface area contributed by atoms with E-state index in [1.165, 1.54) is 6.42 Å². The average molecular weight is 190 g/mol. The molecule has 0 radical (unpaired) electrons. The van der Waals surface area contributed by atoms with E-state index in [9.17, 15) is 0 Å². The quantitative estimate of drug-likeness (QED) is 0.674. The lowest BCUT2D eigenvalue weighted by Crippen LogP contribution is -2.59. The van der Waals surface area contributed by atoms with Gasteiger partial charge < -0.3 is 5.32 Å². The fourth-order valence-electron chi connectivity index (χ4n) is 1.62. The number of nitrogens with one attached hydrogen (secondary N) is 1. The molecule has 72 valence electrons. The van der Waals surface area contributed by atoms with Gasteiger partial charge in [-0.05, 0) is 25.2 Å². The van der Waals surface area contributed by atoms with E-state index in [-0.39, 0.29) is 5.41 Å². The zero-order valence-corrected chi connectivity index (χ0v) is 9.28. The van der Waals surface area contributed by atoms with Gasteiger partial charge in [0, 0.05) is 17.5 Å². The van der Waals surface area contributed by atoms with Gasteiger partial charge in [-0.25, -0.2) is 0 Å². The molecule has 1 N–H and O–H groups in total.